The normalized spacial score (nSPS) is 32.7. The van der Waals surface area contributed by atoms with Crippen LogP contribution < -0.4 is 17.2 Å². The maximum atomic E-state index is 11.5. The molecule has 12 heteroatoms. The van der Waals surface area contributed by atoms with Crippen molar-refractivity contribution in [2.24, 2.45) is 22.2 Å². The molecule has 21 heavy (non-hydrogen) atoms. The number of amidine groups is 1. The largest absolute Gasteiger partial charge is 0.394 e. The van der Waals surface area contributed by atoms with Crippen molar-refractivity contribution < 1.29 is 29.6 Å². The van der Waals surface area contributed by atoms with Gasteiger partial charge in [-0.2, -0.15) is 4.99 Å². The molecule has 0 saturated carbocycles. The highest BCUT2D eigenvalue weighted by molar-refractivity contribution is 6.03. The standard InChI is InChI=1S/C9H16N6O6/c10-6(14-2-17)9(15(7(11)12)8(13)20)5(19)4(18)3(1-16)21-9/h2-5,16,18-19H,1H2,(H3,11,12)(H2,13,20)(H2,10,14,17)/t3-,4-,5-,9?/m1/s1. The predicted molar refractivity (Wildman–Crippen MR) is 67.7 cm³/mol. The van der Waals surface area contributed by atoms with Gasteiger partial charge >= 0.3 is 6.03 Å². The maximum Gasteiger partial charge on any atom is 0.324 e. The Morgan fingerprint density at radius 1 is 1.43 bits per heavy atom. The summed E-state index contributed by atoms with van der Waals surface area (Å²) in [7, 11) is 0. The number of guanidine groups is 1. The molecule has 1 fully saturated rings. The van der Waals surface area contributed by atoms with Gasteiger partial charge in [0.25, 0.3) is 0 Å². The summed E-state index contributed by atoms with van der Waals surface area (Å²) in [4.78, 5) is 25.3. The van der Waals surface area contributed by atoms with Gasteiger partial charge in [-0.25, -0.2) is 9.69 Å². The van der Waals surface area contributed by atoms with Crippen LogP contribution in [-0.2, 0) is 9.53 Å². The summed E-state index contributed by atoms with van der Waals surface area (Å²) in [6, 6.07) is -1.35. The molecule has 0 aromatic rings. The van der Waals surface area contributed by atoms with E-state index < -0.39 is 48.5 Å². The molecule has 0 aromatic carbocycles. The SMILES string of the molecule is N=C(N)N(C(N)=O)C1(C(N)=NC=O)O[C@H](CO)[C@@H](O)[C@H]1O. The molecule has 1 aliphatic rings. The molecule has 10 N–H and O–H groups in total. The lowest BCUT2D eigenvalue weighted by molar-refractivity contribution is -0.109. The minimum Gasteiger partial charge on any atom is -0.394 e. The van der Waals surface area contributed by atoms with Crippen molar-refractivity contribution in [1.29, 1.82) is 5.41 Å². The molecule has 0 spiro atoms. The van der Waals surface area contributed by atoms with Gasteiger partial charge in [-0.1, -0.05) is 0 Å². The van der Waals surface area contributed by atoms with E-state index in [0.717, 1.165) is 0 Å². The fraction of sp³-hybridized carbons (Fsp3) is 0.556. The lowest BCUT2D eigenvalue weighted by Gasteiger charge is -2.39. The molecule has 3 amide bonds. The van der Waals surface area contributed by atoms with Crippen LogP contribution in [0, 0.1) is 5.41 Å². The summed E-state index contributed by atoms with van der Waals surface area (Å²) in [5.74, 6) is -1.75. The number of nitrogens with zero attached hydrogens (tertiary/aromatic N) is 2. The van der Waals surface area contributed by atoms with E-state index in [1.54, 1.807) is 0 Å². The summed E-state index contributed by atoms with van der Waals surface area (Å²) in [5, 5.41) is 36.3. The van der Waals surface area contributed by atoms with Crippen LogP contribution in [0.15, 0.2) is 4.99 Å². The predicted octanol–water partition coefficient (Wildman–Crippen LogP) is -4.42. The molecule has 0 aromatic heterocycles. The monoisotopic (exact) mass is 304 g/mol. The van der Waals surface area contributed by atoms with E-state index >= 15 is 0 Å². The fourth-order valence-corrected chi connectivity index (χ4v) is 2.07. The third-order valence-corrected chi connectivity index (χ3v) is 2.97. The molecule has 1 heterocycles. The second-order valence-electron chi connectivity index (χ2n) is 4.15. The summed E-state index contributed by atoms with van der Waals surface area (Å²) < 4.78 is 5.16. The first kappa shape index (κ1) is 16.8. The topological polar surface area (TPSA) is 222 Å². The van der Waals surface area contributed by atoms with E-state index in [2.05, 4.69) is 4.99 Å². The molecule has 0 bridgehead atoms. The Balaban J connectivity index is 3.51. The Hall–Kier alpha value is -2.28. The van der Waals surface area contributed by atoms with Crippen molar-refractivity contribution in [2.45, 2.75) is 24.0 Å². The zero-order valence-electron chi connectivity index (χ0n) is 10.7. The Kier molecular flexibility index (Phi) is 4.80. The average molecular weight is 304 g/mol. The minimum atomic E-state index is -2.48. The summed E-state index contributed by atoms with van der Waals surface area (Å²) in [5.41, 5.74) is 13.3. The van der Waals surface area contributed by atoms with Gasteiger partial charge in [0.05, 0.1) is 6.61 Å². The smallest absolute Gasteiger partial charge is 0.324 e. The van der Waals surface area contributed by atoms with E-state index in [1.807, 2.05) is 0 Å². The molecular weight excluding hydrogens is 288 g/mol. The number of aliphatic hydroxyl groups is 3. The Bertz CT molecular complexity index is 469. The van der Waals surface area contributed by atoms with Gasteiger partial charge in [0.1, 0.15) is 18.3 Å². The van der Waals surface area contributed by atoms with Crippen molar-refractivity contribution in [2.75, 3.05) is 6.61 Å². The summed E-state index contributed by atoms with van der Waals surface area (Å²) in [6.07, 6.45) is -5.04. The molecule has 1 unspecified atom stereocenters. The number of carbonyl (C=O) groups is 2. The number of amides is 3. The highest BCUT2D eigenvalue weighted by Gasteiger charge is 2.62. The van der Waals surface area contributed by atoms with Crippen molar-refractivity contribution in [1.82, 2.24) is 4.90 Å². The number of hydrogen-bond acceptors (Lipinski definition) is 7. The van der Waals surface area contributed by atoms with Gasteiger partial charge in [0, 0.05) is 0 Å². The van der Waals surface area contributed by atoms with Gasteiger partial charge in [-0.15, -0.1) is 0 Å². The number of ether oxygens (including phenoxy) is 1. The number of rotatable bonds is 4. The van der Waals surface area contributed by atoms with Crippen molar-refractivity contribution >= 4 is 24.2 Å². The first-order valence-electron chi connectivity index (χ1n) is 5.59. The van der Waals surface area contributed by atoms with Crippen LogP contribution in [0.3, 0.4) is 0 Å². The highest BCUT2D eigenvalue weighted by Crippen LogP contribution is 2.34. The Labute approximate surface area is 118 Å². The first-order chi connectivity index (χ1) is 9.73. The quantitative estimate of drug-likeness (QED) is 0.152. The molecule has 0 aliphatic carbocycles. The molecular formula is C9H16N6O6. The fourth-order valence-electron chi connectivity index (χ4n) is 2.07. The van der Waals surface area contributed by atoms with Crippen LogP contribution >= 0.6 is 0 Å². The van der Waals surface area contributed by atoms with Crippen LogP contribution in [0.25, 0.3) is 0 Å². The van der Waals surface area contributed by atoms with E-state index in [1.165, 1.54) is 0 Å². The van der Waals surface area contributed by atoms with Crippen molar-refractivity contribution in [3.05, 3.63) is 0 Å². The van der Waals surface area contributed by atoms with E-state index in [0.29, 0.717) is 0 Å². The van der Waals surface area contributed by atoms with E-state index in [9.17, 15) is 19.8 Å². The number of nitrogens with two attached hydrogens (primary N) is 3. The molecule has 1 saturated heterocycles. The number of aliphatic hydroxyl groups excluding tert-OH is 3. The second kappa shape index (κ2) is 6.01. The molecule has 0 radical (unpaired) electrons. The number of aliphatic imine (C=N–C) groups is 1. The zero-order valence-corrected chi connectivity index (χ0v) is 10.7. The summed E-state index contributed by atoms with van der Waals surface area (Å²) >= 11 is 0. The van der Waals surface area contributed by atoms with Crippen molar-refractivity contribution in [3.8, 4) is 0 Å². The van der Waals surface area contributed by atoms with Crippen molar-refractivity contribution in [3.63, 3.8) is 0 Å². The Morgan fingerprint density at radius 2 is 2.00 bits per heavy atom. The zero-order chi connectivity index (χ0) is 16.4. The average Bonchev–Trinajstić information content (AvgIpc) is 2.64. The van der Waals surface area contributed by atoms with Gasteiger partial charge in [0.2, 0.25) is 12.1 Å². The third kappa shape index (κ3) is 2.52. The van der Waals surface area contributed by atoms with Crippen LogP contribution in [0.5, 0.6) is 0 Å². The van der Waals surface area contributed by atoms with Crippen LogP contribution in [0.2, 0.25) is 0 Å². The minimum absolute atomic E-state index is 0.00880. The molecule has 1 aliphatic heterocycles. The van der Waals surface area contributed by atoms with Crippen LogP contribution in [0.1, 0.15) is 0 Å². The lowest BCUT2D eigenvalue weighted by atomic mass is 10.00. The number of nitrogens with one attached hydrogen (secondary N) is 1. The first-order valence-corrected chi connectivity index (χ1v) is 5.59. The van der Waals surface area contributed by atoms with Crippen LogP contribution in [0.4, 0.5) is 4.79 Å². The van der Waals surface area contributed by atoms with Crippen LogP contribution in [-0.4, -0.2) is 75.1 Å². The van der Waals surface area contributed by atoms with Gasteiger partial charge in [-0.3, -0.25) is 10.2 Å². The number of hydrogen-bond donors (Lipinski definition) is 7. The lowest BCUT2D eigenvalue weighted by Crippen LogP contribution is -2.69. The third-order valence-electron chi connectivity index (χ3n) is 2.97. The number of urea groups is 1. The van der Waals surface area contributed by atoms with Gasteiger partial charge in [-0.05, 0) is 0 Å². The Morgan fingerprint density at radius 3 is 2.33 bits per heavy atom. The maximum absolute atomic E-state index is 11.5. The number of carbonyl (C=O) groups excluding carboxylic acids is 2. The molecule has 118 valence electrons. The van der Waals surface area contributed by atoms with E-state index in [4.69, 9.17) is 32.5 Å². The van der Waals surface area contributed by atoms with E-state index in [-0.39, 0.29) is 11.3 Å². The molecule has 12 nitrogen and oxygen atoms in total. The highest BCUT2D eigenvalue weighted by atomic mass is 16.6. The van der Waals surface area contributed by atoms with Gasteiger partial charge < -0.3 is 37.3 Å². The molecule has 4 atom stereocenters. The second-order valence-corrected chi connectivity index (χ2v) is 4.15. The summed E-state index contributed by atoms with van der Waals surface area (Å²) in [6.45, 7) is -0.751. The molecule has 1 rings (SSSR count). The van der Waals surface area contributed by atoms with Gasteiger partial charge in [0.15, 0.2) is 11.8 Å². The number of primary amides is 1.